The van der Waals surface area contributed by atoms with Gasteiger partial charge in [-0.15, -0.1) is 0 Å². The molecule has 0 saturated heterocycles. The molecule has 0 spiro atoms. The van der Waals surface area contributed by atoms with Gasteiger partial charge in [0.25, 0.3) is 6.43 Å². The highest BCUT2D eigenvalue weighted by Gasteiger charge is 2.17. The van der Waals surface area contributed by atoms with E-state index < -0.39 is 6.43 Å². The van der Waals surface area contributed by atoms with Crippen LogP contribution < -0.4 is 5.32 Å². The number of aromatic nitrogens is 4. The second-order valence-corrected chi connectivity index (χ2v) is 4.82. The van der Waals surface area contributed by atoms with E-state index in [0.29, 0.717) is 12.2 Å². The molecule has 2 aromatic heterocycles. The minimum absolute atomic E-state index is 0.229. The van der Waals surface area contributed by atoms with E-state index in [9.17, 15) is 13.6 Å². The number of amides is 1. The second kappa shape index (κ2) is 6.02. The lowest BCUT2D eigenvalue weighted by molar-refractivity contribution is -0.122. The van der Waals surface area contributed by atoms with E-state index in [1.54, 1.807) is 17.8 Å². The Morgan fingerprint density at radius 2 is 2.14 bits per heavy atom. The molecular formula is C13H17F2N5O. The first-order valence-corrected chi connectivity index (χ1v) is 6.45. The van der Waals surface area contributed by atoms with E-state index in [4.69, 9.17) is 0 Å². The summed E-state index contributed by atoms with van der Waals surface area (Å²) in [4.78, 5) is 11.8. The van der Waals surface area contributed by atoms with Crippen LogP contribution in [-0.2, 0) is 24.9 Å². The van der Waals surface area contributed by atoms with Crippen molar-refractivity contribution in [2.24, 2.45) is 7.05 Å². The Morgan fingerprint density at radius 3 is 2.71 bits per heavy atom. The summed E-state index contributed by atoms with van der Waals surface area (Å²) in [7, 11) is 1.81. The Hall–Kier alpha value is -2.25. The van der Waals surface area contributed by atoms with Crippen molar-refractivity contribution >= 4 is 5.91 Å². The Bertz CT molecular complexity index is 647. The van der Waals surface area contributed by atoms with Gasteiger partial charge in [-0.05, 0) is 19.9 Å². The number of nitrogens with zero attached hydrogens (tertiary/aromatic N) is 4. The predicted octanol–water partition coefficient (Wildman–Crippen LogP) is 1.49. The summed E-state index contributed by atoms with van der Waals surface area (Å²) in [6.07, 6.45) is -0.988. The van der Waals surface area contributed by atoms with Gasteiger partial charge in [-0.3, -0.25) is 14.2 Å². The number of carbonyl (C=O) groups is 1. The number of hydrogen-bond donors (Lipinski definition) is 1. The molecule has 2 heterocycles. The quantitative estimate of drug-likeness (QED) is 0.909. The smallest absolute Gasteiger partial charge is 0.280 e. The SMILES string of the molecule is Cc1cc(C(F)F)n(CC(=O)NCc2cnn(C)c2C)n1. The molecule has 2 aromatic rings. The Labute approximate surface area is 120 Å². The summed E-state index contributed by atoms with van der Waals surface area (Å²) in [5.74, 6) is -0.372. The van der Waals surface area contributed by atoms with Crippen molar-refractivity contribution < 1.29 is 13.6 Å². The van der Waals surface area contributed by atoms with Crippen molar-refractivity contribution in [3.8, 4) is 0 Å². The molecule has 8 heteroatoms. The molecule has 0 aliphatic rings. The van der Waals surface area contributed by atoms with E-state index in [2.05, 4.69) is 15.5 Å². The first-order chi connectivity index (χ1) is 9.88. The standard InChI is InChI=1S/C13H17F2N5O/c1-8-4-11(13(14)15)20(18-8)7-12(21)16-5-10-6-17-19(3)9(10)2/h4,6,13H,5,7H2,1-3H3,(H,16,21). The van der Waals surface area contributed by atoms with E-state index >= 15 is 0 Å². The summed E-state index contributed by atoms with van der Waals surface area (Å²) in [5.41, 5.74) is 2.04. The molecular weight excluding hydrogens is 280 g/mol. The van der Waals surface area contributed by atoms with Crippen LogP contribution >= 0.6 is 0 Å². The molecule has 0 aliphatic heterocycles. The van der Waals surface area contributed by atoms with E-state index in [0.717, 1.165) is 15.9 Å². The molecule has 0 saturated carbocycles. The summed E-state index contributed by atoms with van der Waals surface area (Å²) < 4.78 is 28.3. The minimum Gasteiger partial charge on any atom is -0.350 e. The van der Waals surface area contributed by atoms with Crippen LogP contribution in [0.1, 0.15) is 29.1 Å². The Morgan fingerprint density at radius 1 is 1.43 bits per heavy atom. The van der Waals surface area contributed by atoms with Crippen molar-refractivity contribution in [2.45, 2.75) is 33.4 Å². The summed E-state index contributed by atoms with van der Waals surface area (Å²) >= 11 is 0. The lowest BCUT2D eigenvalue weighted by atomic mass is 10.2. The third kappa shape index (κ3) is 3.45. The number of aryl methyl sites for hydroxylation is 2. The fraction of sp³-hybridized carbons (Fsp3) is 0.462. The van der Waals surface area contributed by atoms with Crippen molar-refractivity contribution in [3.63, 3.8) is 0 Å². The van der Waals surface area contributed by atoms with Crippen molar-refractivity contribution in [3.05, 3.63) is 34.9 Å². The fourth-order valence-electron chi connectivity index (χ4n) is 1.97. The van der Waals surface area contributed by atoms with Gasteiger partial charge < -0.3 is 5.32 Å². The number of nitrogens with one attached hydrogen (secondary N) is 1. The number of carbonyl (C=O) groups excluding carboxylic acids is 1. The zero-order chi connectivity index (χ0) is 15.6. The van der Waals surface area contributed by atoms with Gasteiger partial charge in [-0.25, -0.2) is 8.78 Å². The summed E-state index contributed by atoms with van der Waals surface area (Å²) in [6, 6.07) is 1.28. The van der Waals surface area contributed by atoms with Gasteiger partial charge in [-0.2, -0.15) is 10.2 Å². The first kappa shape index (κ1) is 15.1. The van der Waals surface area contributed by atoms with Crippen molar-refractivity contribution in [1.82, 2.24) is 24.9 Å². The van der Waals surface area contributed by atoms with Gasteiger partial charge in [0.1, 0.15) is 12.2 Å². The topological polar surface area (TPSA) is 64.7 Å². The molecule has 2 rings (SSSR count). The molecule has 0 fully saturated rings. The number of hydrogen-bond acceptors (Lipinski definition) is 3. The summed E-state index contributed by atoms with van der Waals surface area (Å²) in [5, 5.41) is 10.7. The van der Waals surface area contributed by atoms with E-state index in [1.165, 1.54) is 6.07 Å². The third-order valence-corrected chi connectivity index (χ3v) is 3.26. The molecule has 1 amide bonds. The van der Waals surface area contributed by atoms with Crippen LogP contribution in [0.4, 0.5) is 8.78 Å². The van der Waals surface area contributed by atoms with Gasteiger partial charge >= 0.3 is 0 Å². The normalized spacial score (nSPS) is 11.1. The van der Waals surface area contributed by atoms with Gasteiger partial charge in [-0.1, -0.05) is 0 Å². The molecule has 21 heavy (non-hydrogen) atoms. The second-order valence-electron chi connectivity index (χ2n) is 4.82. The van der Waals surface area contributed by atoms with Crippen molar-refractivity contribution in [1.29, 1.82) is 0 Å². The van der Waals surface area contributed by atoms with Crippen LogP contribution in [0.2, 0.25) is 0 Å². The minimum atomic E-state index is -2.65. The zero-order valence-corrected chi connectivity index (χ0v) is 12.1. The maximum Gasteiger partial charge on any atom is 0.280 e. The van der Waals surface area contributed by atoms with Crippen LogP contribution in [-0.4, -0.2) is 25.5 Å². The lowest BCUT2D eigenvalue weighted by Crippen LogP contribution is -2.28. The average molecular weight is 297 g/mol. The van der Waals surface area contributed by atoms with Gasteiger partial charge in [0.2, 0.25) is 5.91 Å². The maximum atomic E-state index is 12.8. The highest BCUT2D eigenvalue weighted by molar-refractivity contribution is 5.75. The fourth-order valence-corrected chi connectivity index (χ4v) is 1.97. The van der Waals surface area contributed by atoms with E-state index in [-0.39, 0.29) is 18.1 Å². The Kier molecular flexibility index (Phi) is 4.35. The molecule has 6 nitrogen and oxygen atoms in total. The van der Waals surface area contributed by atoms with Gasteiger partial charge in [0, 0.05) is 24.8 Å². The monoisotopic (exact) mass is 297 g/mol. The van der Waals surface area contributed by atoms with E-state index in [1.807, 2.05) is 14.0 Å². The third-order valence-electron chi connectivity index (χ3n) is 3.26. The molecule has 1 N–H and O–H groups in total. The molecule has 114 valence electrons. The highest BCUT2D eigenvalue weighted by atomic mass is 19.3. The van der Waals surface area contributed by atoms with Crippen LogP contribution in [0.15, 0.2) is 12.3 Å². The first-order valence-electron chi connectivity index (χ1n) is 6.45. The molecule has 0 bridgehead atoms. The Balaban J connectivity index is 1.98. The number of alkyl halides is 2. The molecule has 0 aromatic carbocycles. The average Bonchev–Trinajstić information content (AvgIpc) is 2.92. The summed E-state index contributed by atoms with van der Waals surface area (Å²) in [6.45, 7) is 3.58. The molecule has 0 unspecified atom stereocenters. The van der Waals surface area contributed by atoms with Gasteiger partial charge in [0.05, 0.1) is 11.9 Å². The van der Waals surface area contributed by atoms with Crippen LogP contribution in [0.3, 0.4) is 0 Å². The largest absolute Gasteiger partial charge is 0.350 e. The lowest BCUT2D eigenvalue weighted by Gasteiger charge is -2.08. The van der Waals surface area contributed by atoms with Crippen LogP contribution in [0.5, 0.6) is 0 Å². The molecule has 0 atom stereocenters. The predicted molar refractivity (Wildman–Crippen MR) is 71.7 cm³/mol. The molecule has 0 radical (unpaired) electrons. The highest BCUT2D eigenvalue weighted by Crippen LogP contribution is 2.19. The zero-order valence-electron chi connectivity index (χ0n) is 12.1. The van der Waals surface area contributed by atoms with Gasteiger partial charge in [0.15, 0.2) is 0 Å². The number of halogens is 2. The van der Waals surface area contributed by atoms with Crippen molar-refractivity contribution in [2.75, 3.05) is 0 Å². The number of rotatable bonds is 5. The van der Waals surface area contributed by atoms with Crippen LogP contribution in [0.25, 0.3) is 0 Å². The maximum absolute atomic E-state index is 12.8. The van der Waals surface area contributed by atoms with Crippen LogP contribution in [0, 0.1) is 13.8 Å². The molecule has 0 aliphatic carbocycles.